The molecule has 0 saturated carbocycles. The van der Waals surface area contributed by atoms with Crippen LogP contribution in [0.25, 0.3) is 0 Å². The van der Waals surface area contributed by atoms with Crippen LogP contribution in [0.1, 0.15) is 13.3 Å². The van der Waals surface area contributed by atoms with Crippen molar-refractivity contribution in [3.63, 3.8) is 0 Å². The molecule has 1 aromatic rings. The molecular weight excluding hydrogens is 287 g/mol. The van der Waals surface area contributed by atoms with Crippen molar-refractivity contribution in [2.45, 2.75) is 19.4 Å². The zero-order valence-corrected chi connectivity index (χ0v) is 11.5. The third-order valence-electron chi connectivity index (χ3n) is 3.12. The van der Waals surface area contributed by atoms with Gasteiger partial charge in [0.05, 0.1) is 13.2 Å². The lowest BCUT2D eigenvalue weighted by atomic mass is 10.2. The number of hydrogen-bond donors (Lipinski definition) is 1. The fraction of sp³-hybridized carbons (Fsp3) is 0.538. The summed E-state index contributed by atoms with van der Waals surface area (Å²) in [6.07, 6.45) is 0.747. The summed E-state index contributed by atoms with van der Waals surface area (Å²) >= 11 is 0. The molecule has 0 aliphatic carbocycles. The Morgan fingerprint density at radius 1 is 1.48 bits per heavy atom. The third-order valence-corrected chi connectivity index (χ3v) is 3.12. The van der Waals surface area contributed by atoms with Crippen molar-refractivity contribution in [1.29, 1.82) is 0 Å². The van der Waals surface area contributed by atoms with E-state index >= 15 is 0 Å². The zero-order chi connectivity index (χ0) is 15.4. The molecule has 1 N–H and O–H groups in total. The number of ether oxygens (including phenoxy) is 1. The smallest absolute Gasteiger partial charge is 0.251 e. The number of nitrogens with zero attached hydrogens (tertiary/aromatic N) is 2. The normalized spacial score (nSPS) is 18.7. The minimum absolute atomic E-state index is 0.0374. The van der Waals surface area contributed by atoms with Crippen LogP contribution >= 0.6 is 0 Å². The van der Waals surface area contributed by atoms with E-state index in [1.807, 2.05) is 6.92 Å². The van der Waals surface area contributed by atoms with Crippen molar-refractivity contribution in [2.75, 3.05) is 31.2 Å². The average molecular weight is 303 g/mol. The van der Waals surface area contributed by atoms with Crippen molar-refractivity contribution in [3.8, 4) is 0 Å². The molecule has 2 heterocycles. The maximum atomic E-state index is 13.8. The molecule has 2 rings (SSSR count). The van der Waals surface area contributed by atoms with Gasteiger partial charge in [0, 0.05) is 19.2 Å². The molecule has 1 aliphatic heterocycles. The first-order chi connectivity index (χ1) is 10.0. The van der Waals surface area contributed by atoms with Crippen molar-refractivity contribution >= 4 is 11.7 Å². The van der Waals surface area contributed by atoms with E-state index in [1.165, 1.54) is 4.90 Å². The van der Waals surface area contributed by atoms with Gasteiger partial charge in [0.1, 0.15) is 6.04 Å². The van der Waals surface area contributed by atoms with Crippen molar-refractivity contribution in [3.05, 3.63) is 23.6 Å². The summed E-state index contributed by atoms with van der Waals surface area (Å²) in [4.78, 5) is 16.6. The predicted octanol–water partition coefficient (Wildman–Crippen LogP) is 1.23. The number of pyridine rings is 1. The number of carbonyl (C=O) groups excluding carboxylic acids is 1. The standard InChI is InChI=1S/C13H16F3N3O2/c1-2-3-17-13(20)10-7-21-5-4-19(10)12-9(15)6-8(14)11(16)18-12/h6,10H,2-5,7H2,1H3,(H,17,20). The molecule has 8 heteroatoms. The molecule has 0 bridgehead atoms. The van der Waals surface area contributed by atoms with E-state index in [0.29, 0.717) is 12.6 Å². The molecule has 1 saturated heterocycles. The number of rotatable bonds is 4. The summed E-state index contributed by atoms with van der Waals surface area (Å²) in [5.41, 5.74) is 0. The van der Waals surface area contributed by atoms with Crippen molar-refractivity contribution in [1.82, 2.24) is 10.3 Å². The van der Waals surface area contributed by atoms with Crippen molar-refractivity contribution in [2.24, 2.45) is 0 Å². The van der Waals surface area contributed by atoms with Crippen LogP contribution < -0.4 is 10.2 Å². The van der Waals surface area contributed by atoms with Gasteiger partial charge in [-0.2, -0.15) is 9.37 Å². The Balaban J connectivity index is 2.26. The lowest BCUT2D eigenvalue weighted by Gasteiger charge is -2.35. The summed E-state index contributed by atoms with van der Waals surface area (Å²) in [6.45, 7) is 2.81. The lowest BCUT2D eigenvalue weighted by Crippen LogP contribution is -2.54. The van der Waals surface area contributed by atoms with Gasteiger partial charge in [-0.15, -0.1) is 0 Å². The highest BCUT2D eigenvalue weighted by Crippen LogP contribution is 2.22. The summed E-state index contributed by atoms with van der Waals surface area (Å²) in [7, 11) is 0. The van der Waals surface area contributed by atoms with Crippen LogP contribution in [0.5, 0.6) is 0 Å². The average Bonchev–Trinajstić information content (AvgIpc) is 2.48. The molecule has 1 fully saturated rings. The van der Waals surface area contributed by atoms with E-state index in [9.17, 15) is 18.0 Å². The SMILES string of the molecule is CCCNC(=O)C1COCCN1c1nc(F)c(F)cc1F. The number of hydrogen-bond acceptors (Lipinski definition) is 4. The first-order valence-corrected chi connectivity index (χ1v) is 6.68. The van der Waals surface area contributed by atoms with E-state index in [1.54, 1.807) is 0 Å². The van der Waals surface area contributed by atoms with Gasteiger partial charge in [0.15, 0.2) is 17.5 Å². The molecule has 0 aromatic carbocycles. The highest BCUT2D eigenvalue weighted by Gasteiger charge is 2.32. The van der Waals surface area contributed by atoms with Crippen LogP contribution in [0.4, 0.5) is 19.0 Å². The van der Waals surface area contributed by atoms with Crippen LogP contribution in [0, 0.1) is 17.6 Å². The highest BCUT2D eigenvalue weighted by molar-refractivity contribution is 5.85. The largest absolute Gasteiger partial charge is 0.377 e. The fourth-order valence-electron chi connectivity index (χ4n) is 2.08. The Bertz CT molecular complexity index is 528. The fourth-order valence-corrected chi connectivity index (χ4v) is 2.08. The minimum atomic E-state index is -1.40. The van der Waals surface area contributed by atoms with Gasteiger partial charge >= 0.3 is 0 Å². The van der Waals surface area contributed by atoms with Crippen LogP contribution in [0.2, 0.25) is 0 Å². The second-order valence-corrected chi connectivity index (χ2v) is 4.64. The van der Waals surface area contributed by atoms with Crippen LogP contribution in [0.3, 0.4) is 0 Å². The molecule has 1 atom stereocenters. The summed E-state index contributed by atoms with van der Waals surface area (Å²) < 4.78 is 45.2. The molecular formula is C13H16F3N3O2. The highest BCUT2D eigenvalue weighted by atomic mass is 19.2. The summed E-state index contributed by atoms with van der Waals surface area (Å²) in [5.74, 6) is -4.51. The van der Waals surface area contributed by atoms with E-state index in [4.69, 9.17) is 4.74 Å². The molecule has 1 aromatic heterocycles. The Hall–Kier alpha value is -1.83. The zero-order valence-electron chi connectivity index (χ0n) is 11.5. The van der Waals surface area contributed by atoms with Gasteiger partial charge in [-0.3, -0.25) is 4.79 Å². The number of nitrogens with one attached hydrogen (secondary N) is 1. The number of anilines is 1. The van der Waals surface area contributed by atoms with Gasteiger partial charge < -0.3 is 15.0 Å². The second kappa shape index (κ2) is 6.75. The van der Waals surface area contributed by atoms with E-state index in [0.717, 1.165) is 6.42 Å². The van der Waals surface area contributed by atoms with E-state index in [2.05, 4.69) is 10.3 Å². The Morgan fingerprint density at radius 3 is 2.95 bits per heavy atom. The second-order valence-electron chi connectivity index (χ2n) is 4.64. The number of aromatic nitrogens is 1. The quantitative estimate of drug-likeness (QED) is 0.850. The molecule has 1 amide bonds. The molecule has 0 spiro atoms. The summed E-state index contributed by atoms with van der Waals surface area (Å²) in [5, 5.41) is 2.67. The van der Waals surface area contributed by atoms with Crippen LogP contribution in [0.15, 0.2) is 6.07 Å². The number of amides is 1. The maximum Gasteiger partial charge on any atom is 0.251 e. The van der Waals surface area contributed by atoms with Crippen LogP contribution in [-0.2, 0) is 9.53 Å². The van der Waals surface area contributed by atoms with Gasteiger partial charge in [0.25, 0.3) is 5.95 Å². The third kappa shape index (κ3) is 3.44. The molecule has 116 valence electrons. The van der Waals surface area contributed by atoms with Gasteiger partial charge in [-0.1, -0.05) is 6.92 Å². The predicted molar refractivity (Wildman–Crippen MR) is 69.4 cm³/mol. The molecule has 0 radical (unpaired) electrons. The number of morpholine rings is 1. The van der Waals surface area contributed by atoms with E-state index in [-0.39, 0.29) is 31.5 Å². The van der Waals surface area contributed by atoms with Gasteiger partial charge in [-0.25, -0.2) is 8.78 Å². The molecule has 21 heavy (non-hydrogen) atoms. The first kappa shape index (κ1) is 15.6. The monoisotopic (exact) mass is 303 g/mol. The van der Waals surface area contributed by atoms with E-state index < -0.39 is 23.6 Å². The van der Waals surface area contributed by atoms with Gasteiger partial charge in [-0.05, 0) is 6.42 Å². The van der Waals surface area contributed by atoms with Crippen LogP contribution in [-0.4, -0.2) is 43.2 Å². The van der Waals surface area contributed by atoms with Crippen molar-refractivity contribution < 1.29 is 22.7 Å². The number of carbonyl (C=O) groups is 1. The first-order valence-electron chi connectivity index (χ1n) is 6.68. The Kier molecular flexibility index (Phi) is 5.00. The Morgan fingerprint density at radius 2 is 2.24 bits per heavy atom. The molecule has 5 nitrogen and oxygen atoms in total. The lowest BCUT2D eigenvalue weighted by molar-refractivity contribution is -0.124. The maximum absolute atomic E-state index is 13.8. The minimum Gasteiger partial charge on any atom is -0.377 e. The summed E-state index contributed by atoms with van der Waals surface area (Å²) in [6, 6.07) is -0.397. The topological polar surface area (TPSA) is 54.5 Å². The number of halogens is 3. The van der Waals surface area contributed by atoms with Gasteiger partial charge in [0.2, 0.25) is 5.91 Å². The Labute approximate surface area is 120 Å². The molecule has 1 aliphatic rings. The molecule has 1 unspecified atom stereocenters.